The van der Waals surface area contributed by atoms with Gasteiger partial charge in [0.1, 0.15) is 11.7 Å². The van der Waals surface area contributed by atoms with Crippen LogP contribution in [-0.4, -0.2) is 52.1 Å². The van der Waals surface area contributed by atoms with Crippen molar-refractivity contribution in [3.8, 4) is 11.6 Å². The molecule has 5 aromatic rings. The number of hydrogen-bond donors (Lipinski definition) is 1. The maximum atomic E-state index is 13.5. The average Bonchev–Trinajstić information content (AvgIpc) is 3.56. The molecule has 0 spiro atoms. The predicted octanol–water partition coefficient (Wildman–Crippen LogP) is 2.60. The van der Waals surface area contributed by atoms with Gasteiger partial charge in [-0.1, -0.05) is 12.1 Å². The first-order valence-electron chi connectivity index (χ1n) is 10.2. The van der Waals surface area contributed by atoms with Crippen LogP contribution in [0.5, 0.6) is 0 Å². The molecule has 0 saturated carbocycles. The first-order valence-corrected chi connectivity index (χ1v) is 10.2. The Morgan fingerprint density at radius 2 is 2.12 bits per heavy atom. The van der Waals surface area contributed by atoms with Gasteiger partial charge in [0.25, 0.3) is 5.89 Å². The quantitative estimate of drug-likeness (QED) is 0.471. The number of aryl methyl sites for hydroxylation is 1. The van der Waals surface area contributed by atoms with E-state index in [1.807, 2.05) is 49.5 Å². The highest BCUT2D eigenvalue weighted by molar-refractivity contribution is 5.90. The lowest BCUT2D eigenvalue weighted by Crippen LogP contribution is -2.41. The molecule has 6 heterocycles. The van der Waals surface area contributed by atoms with Crippen LogP contribution in [0.2, 0.25) is 0 Å². The molecular formula is C22H18N8O2. The van der Waals surface area contributed by atoms with Crippen molar-refractivity contribution in [1.82, 2.24) is 39.7 Å². The Labute approximate surface area is 181 Å². The summed E-state index contributed by atoms with van der Waals surface area (Å²) < 4.78 is 7.51. The molecule has 0 aliphatic carbocycles. The van der Waals surface area contributed by atoms with Crippen molar-refractivity contribution in [1.29, 1.82) is 0 Å². The smallest absolute Gasteiger partial charge is 0.312 e. The lowest BCUT2D eigenvalue weighted by Gasteiger charge is -2.32. The van der Waals surface area contributed by atoms with Crippen LogP contribution in [0.25, 0.3) is 17.1 Å². The van der Waals surface area contributed by atoms with Crippen LogP contribution >= 0.6 is 0 Å². The molecule has 10 nitrogen and oxygen atoms in total. The summed E-state index contributed by atoms with van der Waals surface area (Å²) in [6.45, 7) is 2.34. The third kappa shape index (κ3) is 2.96. The minimum Gasteiger partial charge on any atom is -0.411 e. The normalized spacial score (nSPS) is 15.8. The molecule has 1 aliphatic heterocycles. The van der Waals surface area contributed by atoms with Gasteiger partial charge < -0.3 is 14.3 Å². The number of imidazole rings is 1. The van der Waals surface area contributed by atoms with Crippen molar-refractivity contribution >= 4 is 11.4 Å². The molecule has 0 unspecified atom stereocenters. The maximum absolute atomic E-state index is 13.5. The summed E-state index contributed by atoms with van der Waals surface area (Å²) in [5.41, 5.74) is 4.77. The minimum atomic E-state index is -0.468. The minimum absolute atomic E-state index is 0.0870. The lowest BCUT2D eigenvalue weighted by atomic mass is 9.99. The Bertz CT molecular complexity index is 1420. The van der Waals surface area contributed by atoms with Gasteiger partial charge in [-0.25, -0.2) is 14.5 Å². The van der Waals surface area contributed by atoms with Crippen molar-refractivity contribution < 1.29 is 9.21 Å². The van der Waals surface area contributed by atoms with Gasteiger partial charge in [-0.05, 0) is 37.3 Å². The summed E-state index contributed by atoms with van der Waals surface area (Å²) in [6.07, 6.45) is 4.17. The molecule has 1 atom stereocenters. The summed E-state index contributed by atoms with van der Waals surface area (Å²) in [4.78, 5) is 27.2. The highest BCUT2D eigenvalue weighted by Gasteiger charge is 2.38. The topological polar surface area (TPSA) is 118 Å². The molecule has 0 bridgehead atoms. The Balaban J connectivity index is 1.39. The van der Waals surface area contributed by atoms with Crippen LogP contribution in [0.4, 0.5) is 0 Å². The fraction of sp³-hybridized carbons (Fsp3) is 0.182. The van der Waals surface area contributed by atoms with Crippen LogP contribution in [0, 0.1) is 6.92 Å². The number of rotatable bonds is 3. The molecule has 10 heteroatoms. The largest absolute Gasteiger partial charge is 0.411 e. The van der Waals surface area contributed by atoms with E-state index in [1.165, 1.54) is 0 Å². The second-order valence-electron chi connectivity index (χ2n) is 7.63. The molecule has 0 radical (unpaired) electrons. The van der Waals surface area contributed by atoms with E-state index in [0.29, 0.717) is 18.7 Å². The van der Waals surface area contributed by atoms with Gasteiger partial charge in [0.05, 0.1) is 23.2 Å². The van der Waals surface area contributed by atoms with Gasteiger partial charge in [0, 0.05) is 30.6 Å². The molecule has 1 aliphatic rings. The summed E-state index contributed by atoms with van der Waals surface area (Å²) in [5.74, 6) is -0.248. The van der Waals surface area contributed by atoms with Crippen molar-refractivity contribution in [3.63, 3.8) is 0 Å². The van der Waals surface area contributed by atoms with Crippen LogP contribution in [0.1, 0.15) is 39.5 Å². The average molecular weight is 426 g/mol. The molecule has 0 fully saturated rings. The summed E-state index contributed by atoms with van der Waals surface area (Å²) in [5, 5.41) is 12.7. The number of hydrogen-bond acceptors (Lipinski definition) is 7. The van der Waals surface area contributed by atoms with Crippen LogP contribution in [0.3, 0.4) is 0 Å². The molecule has 6 rings (SSSR count). The van der Waals surface area contributed by atoms with E-state index in [0.717, 1.165) is 28.3 Å². The molecular weight excluding hydrogens is 408 g/mol. The predicted molar refractivity (Wildman–Crippen MR) is 113 cm³/mol. The Hall–Kier alpha value is -4.34. The van der Waals surface area contributed by atoms with Gasteiger partial charge in [-0.15, -0.1) is 10.2 Å². The van der Waals surface area contributed by atoms with Crippen LogP contribution < -0.4 is 0 Å². The number of nitrogens with one attached hydrogen (secondary N) is 1. The van der Waals surface area contributed by atoms with Gasteiger partial charge in [0.2, 0.25) is 0 Å². The summed E-state index contributed by atoms with van der Waals surface area (Å²) in [6, 6.07) is 12.8. The first-order chi connectivity index (χ1) is 15.7. The SMILES string of the molecule is Cc1cccc(-c2nnc(C(=O)N3CCc4[nH]cnc4[C@@H]3c3cc4ccccn4n3)o2)n1. The van der Waals surface area contributed by atoms with Gasteiger partial charge in [-0.3, -0.25) is 4.79 Å². The number of amides is 1. The number of aromatic nitrogens is 7. The van der Waals surface area contributed by atoms with E-state index >= 15 is 0 Å². The number of nitrogens with zero attached hydrogens (tertiary/aromatic N) is 7. The van der Waals surface area contributed by atoms with Gasteiger partial charge in [-0.2, -0.15) is 5.10 Å². The molecule has 1 amide bonds. The molecule has 0 saturated heterocycles. The van der Waals surface area contributed by atoms with Crippen molar-refractivity contribution in [2.24, 2.45) is 0 Å². The second-order valence-corrected chi connectivity index (χ2v) is 7.63. The third-order valence-electron chi connectivity index (χ3n) is 5.57. The molecule has 158 valence electrons. The van der Waals surface area contributed by atoms with Crippen molar-refractivity contribution in [2.75, 3.05) is 6.54 Å². The number of aromatic amines is 1. The van der Waals surface area contributed by atoms with Gasteiger partial charge >= 0.3 is 11.8 Å². The monoisotopic (exact) mass is 426 g/mol. The van der Waals surface area contributed by atoms with E-state index in [2.05, 4.69) is 25.1 Å². The fourth-order valence-electron chi connectivity index (χ4n) is 4.08. The number of carbonyl (C=O) groups is 1. The third-order valence-corrected chi connectivity index (χ3v) is 5.57. The number of carbonyl (C=O) groups excluding carboxylic acids is 1. The Morgan fingerprint density at radius 1 is 1.19 bits per heavy atom. The van der Waals surface area contributed by atoms with Crippen molar-refractivity contribution in [2.45, 2.75) is 19.4 Å². The van der Waals surface area contributed by atoms with E-state index < -0.39 is 6.04 Å². The second kappa shape index (κ2) is 7.12. The zero-order valence-corrected chi connectivity index (χ0v) is 17.1. The summed E-state index contributed by atoms with van der Waals surface area (Å²) in [7, 11) is 0. The van der Waals surface area contributed by atoms with Crippen molar-refractivity contribution in [3.05, 3.63) is 83.7 Å². The zero-order chi connectivity index (χ0) is 21.7. The van der Waals surface area contributed by atoms with E-state index in [4.69, 9.17) is 9.52 Å². The highest BCUT2D eigenvalue weighted by Crippen LogP contribution is 2.34. The van der Waals surface area contributed by atoms with Crippen LogP contribution in [-0.2, 0) is 6.42 Å². The molecule has 0 aromatic carbocycles. The Morgan fingerprint density at radius 3 is 3.00 bits per heavy atom. The van der Waals surface area contributed by atoms with E-state index in [9.17, 15) is 4.79 Å². The standard InChI is InChI=1S/C22H18N8O2/c1-13-5-4-7-16(25-13)20-26-27-21(32-20)22(31)29-10-8-15-18(24-12-23-15)19(29)17-11-14-6-2-3-9-30(14)28-17/h2-7,9,11-12,19H,8,10H2,1H3,(H,23,24)/t19-/m0/s1. The first kappa shape index (κ1) is 18.4. The molecule has 32 heavy (non-hydrogen) atoms. The molecule has 1 N–H and O–H groups in total. The van der Waals surface area contributed by atoms with Crippen LogP contribution in [0.15, 0.2) is 59.4 Å². The van der Waals surface area contributed by atoms with Gasteiger partial charge in [0.15, 0.2) is 0 Å². The maximum Gasteiger partial charge on any atom is 0.312 e. The Kier molecular flexibility index (Phi) is 4.10. The lowest BCUT2D eigenvalue weighted by molar-refractivity contribution is 0.0646. The van der Waals surface area contributed by atoms with E-state index in [-0.39, 0.29) is 17.7 Å². The highest BCUT2D eigenvalue weighted by atomic mass is 16.4. The van der Waals surface area contributed by atoms with E-state index in [1.54, 1.807) is 21.8 Å². The number of fused-ring (bicyclic) bond motifs is 2. The molecule has 5 aromatic heterocycles. The number of H-pyrrole nitrogens is 1. The number of pyridine rings is 2. The fourth-order valence-corrected chi connectivity index (χ4v) is 4.08. The zero-order valence-electron chi connectivity index (χ0n) is 17.1. The summed E-state index contributed by atoms with van der Waals surface area (Å²) >= 11 is 0.